The minimum Gasteiger partial charge on any atom is -0.489 e. The summed E-state index contributed by atoms with van der Waals surface area (Å²) in [6, 6.07) is 13.8. The van der Waals surface area contributed by atoms with Crippen molar-refractivity contribution in [2.24, 2.45) is 0 Å². The second-order valence-electron chi connectivity index (χ2n) is 7.54. The van der Waals surface area contributed by atoms with Crippen LogP contribution in [0.3, 0.4) is 0 Å². The van der Waals surface area contributed by atoms with E-state index in [1.165, 1.54) is 0 Å². The molecule has 138 valence electrons. The first-order valence-electron chi connectivity index (χ1n) is 8.88. The Hall–Kier alpha value is -2.69. The van der Waals surface area contributed by atoms with Crippen LogP contribution in [0.5, 0.6) is 5.75 Å². The summed E-state index contributed by atoms with van der Waals surface area (Å²) >= 11 is 0. The minimum absolute atomic E-state index is 0.307. The summed E-state index contributed by atoms with van der Waals surface area (Å²) in [5.74, 6) is 0.835. The van der Waals surface area contributed by atoms with Gasteiger partial charge in [0.15, 0.2) is 0 Å². The van der Waals surface area contributed by atoms with Crippen molar-refractivity contribution in [3.05, 3.63) is 59.2 Å². The number of benzene rings is 2. The molecule has 0 saturated carbocycles. The number of fused-ring (bicyclic) bond motifs is 1. The van der Waals surface area contributed by atoms with Gasteiger partial charge in [0.1, 0.15) is 18.0 Å². The van der Waals surface area contributed by atoms with E-state index in [1.54, 1.807) is 4.90 Å². The number of rotatable bonds is 3. The molecule has 1 heterocycles. The van der Waals surface area contributed by atoms with Gasteiger partial charge in [0.2, 0.25) is 0 Å². The van der Waals surface area contributed by atoms with Crippen LogP contribution in [-0.2, 0) is 24.3 Å². The number of carbonyl (C=O) groups excluding carboxylic acids is 1. The minimum atomic E-state index is -0.510. The number of ether oxygens (including phenoxy) is 2. The van der Waals surface area contributed by atoms with Crippen molar-refractivity contribution in [1.29, 1.82) is 0 Å². The molecule has 2 aromatic carbocycles. The predicted octanol–water partition coefficient (Wildman–Crippen LogP) is 4.14. The van der Waals surface area contributed by atoms with E-state index in [0.717, 1.165) is 22.4 Å². The maximum absolute atomic E-state index is 12.4. The summed E-state index contributed by atoms with van der Waals surface area (Å²) in [6.45, 7) is 7.14. The van der Waals surface area contributed by atoms with Crippen LogP contribution >= 0.6 is 0 Å². The largest absolute Gasteiger partial charge is 0.489 e. The molecule has 0 spiro atoms. The van der Waals surface area contributed by atoms with Crippen molar-refractivity contribution in [3.63, 3.8) is 0 Å². The molecule has 0 saturated heterocycles. The third-order valence-corrected chi connectivity index (χ3v) is 4.29. The normalized spacial score (nSPS) is 13.9. The second-order valence-corrected chi connectivity index (χ2v) is 7.54. The van der Waals surface area contributed by atoms with Crippen molar-refractivity contribution < 1.29 is 14.3 Å². The van der Waals surface area contributed by atoms with Crippen LogP contribution in [0.25, 0.3) is 0 Å². The van der Waals surface area contributed by atoms with Gasteiger partial charge in [0.05, 0.1) is 6.54 Å². The molecule has 0 aliphatic carbocycles. The lowest BCUT2D eigenvalue weighted by Crippen LogP contribution is -2.40. The highest BCUT2D eigenvalue weighted by atomic mass is 16.6. The summed E-state index contributed by atoms with van der Waals surface area (Å²) in [7, 11) is 0. The topological polar surface area (TPSA) is 64.8 Å². The quantitative estimate of drug-likeness (QED) is 0.841. The Morgan fingerprint density at radius 2 is 1.85 bits per heavy atom. The molecule has 1 amide bonds. The molecule has 0 atom stereocenters. The van der Waals surface area contributed by atoms with Gasteiger partial charge >= 0.3 is 6.09 Å². The van der Waals surface area contributed by atoms with Crippen molar-refractivity contribution in [2.45, 2.75) is 45.9 Å². The summed E-state index contributed by atoms with van der Waals surface area (Å²) < 4.78 is 11.5. The number of anilines is 1. The standard InChI is InChI=1S/C21H26N2O3/c1-21(2,3)26-20(24)23-12-11-16-17(13-23)18(22)9-10-19(16)25-14-15-7-5-4-6-8-15/h4-10H,11-14,22H2,1-3H3. The third kappa shape index (κ3) is 4.28. The van der Waals surface area contributed by atoms with Crippen LogP contribution in [0.2, 0.25) is 0 Å². The molecule has 0 radical (unpaired) electrons. The molecular formula is C21H26N2O3. The fourth-order valence-corrected chi connectivity index (χ4v) is 3.02. The van der Waals surface area contributed by atoms with Gasteiger partial charge in [-0.25, -0.2) is 4.79 Å². The van der Waals surface area contributed by atoms with Crippen LogP contribution in [0.4, 0.5) is 10.5 Å². The summed E-state index contributed by atoms with van der Waals surface area (Å²) in [4.78, 5) is 14.1. The SMILES string of the molecule is CC(C)(C)OC(=O)N1CCc2c(OCc3ccccc3)ccc(N)c2C1. The van der Waals surface area contributed by atoms with Crippen LogP contribution in [0.15, 0.2) is 42.5 Å². The highest BCUT2D eigenvalue weighted by Crippen LogP contribution is 2.33. The number of hydrogen-bond donors (Lipinski definition) is 1. The molecule has 3 rings (SSSR count). The van der Waals surface area contributed by atoms with Crippen LogP contribution in [-0.4, -0.2) is 23.1 Å². The lowest BCUT2D eigenvalue weighted by molar-refractivity contribution is 0.0223. The molecule has 5 heteroatoms. The van der Waals surface area contributed by atoms with Crippen LogP contribution in [0.1, 0.15) is 37.5 Å². The first-order chi connectivity index (χ1) is 12.3. The van der Waals surface area contributed by atoms with Gasteiger partial charge in [-0.15, -0.1) is 0 Å². The molecular weight excluding hydrogens is 328 g/mol. The Labute approximate surface area is 154 Å². The van der Waals surface area contributed by atoms with E-state index in [-0.39, 0.29) is 6.09 Å². The highest BCUT2D eigenvalue weighted by Gasteiger charge is 2.28. The molecule has 0 bridgehead atoms. The third-order valence-electron chi connectivity index (χ3n) is 4.29. The monoisotopic (exact) mass is 354 g/mol. The molecule has 1 aliphatic rings. The van der Waals surface area contributed by atoms with E-state index in [2.05, 4.69) is 0 Å². The van der Waals surface area contributed by atoms with E-state index in [4.69, 9.17) is 15.2 Å². The highest BCUT2D eigenvalue weighted by molar-refractivity contribution is 5.70. The van der Waals surface area contributed by atoms with E-state index in [9.17, 15) is 4.79 Å². The predicted molar refractivity (Wildman–Crippen MR) is 102 cm³/mol. The number of nitrogens with two attached hydrogens (primary N) is 1. The number of nitrogen functional groups attached to an aromatic ring is 1. The van der Waals surface area contributed by atoms with Gasteiger partial charge in [0.25, 0.3) is 0 Å². The fraction of sp³-hybridized carbons (Fsp3) is 0.381. The summed E-state index contributed by atoms with van der Waals surface area (Å²) in [5, 5.41) is 0. The van der Waals surface area contributed by atoms with E-state index in [0.29, 0.717) is 31.8 Å². The second kappa shape index (κ2) is 7.28. The molecule has 0 unspecified atom stereocenters. The van der Waals surface area contributed by atoms with Crippen molar-refractivity contribution in [1.82, 2.24) is 4.90 Å². The first-order valence-corrected chi connectivity index (χ1v) is 8.88. The maximum atomic E-state index is 12.4. The zero-order chi connectivity index (χ0) is 18.7. The van der Waals surface area contributed by atoms with Crippen LogP contribution < -0.4 is 10.5 Å². The number of hydrogen-bond acceptors (Lipinski definition) is 4. The van der Waals surface area contributed by atoms with Crippen molar-refractivity contribution in [2.75, 3.05) is 12.3 Å². The smallest absolute Gasteiger partial charge is 0.410 e. The van der Waals surface area contributed by atoms with E-state index >= 15 is 0 Å². The molecule has 0 fully saturated rings. The van der Waals surface area contributed by atoms with Gasteiger partial charge < -0.3 is 20.1 Å². The maximum Gasteiger partial charge on any atom is 0.410 e. The Morgan fingerprint density at radius 3 is 2.54 bits per heavy atom. The van der Waals surface area contributed by atoms with Crippen LogP contribution in [0, 0.1) is 0 Å². The molecule has 26 heavy (non-hydrogen) atoms. The van der Waals surface area contributed by atoms with Gasteiger partial charge in [-0.3, -0.25) is 0 Å². The molecule has 1 aliphatic heterocycles. The molecule has 5 nitrogen and oxygen atoms in total. The van der Waals surface area contributed by atoms with Gasteiger partial charge in [0, 0.05) is 23.4 Å². The molecule has 2 N–H and O–H groups in total. The molecule has 2 aromatic rings. The lowest BCUT2D eigenvalue weighted by atomic mass is 9.97. The van der Waals surface area contributed by atoms with Crippen molar-refractivity contribution >= 4 is 11.8 Å². The Kier molecular flexibility index (Phi) is 5.07. The fourth-order valence-electron chi connectivity index (χ4n) is 3.02. The summed E-state index contributed by atoms with van der Waals surface area (Å²) in [5.41, 5.74) is 9.49. The summed E-state index contributed by atoms with van der Waals surface area (Å²) in [6.07, 6.45) is 0.391. The first kappa shape index (κ1) is 18.1. The van der Waals surface area contributed by atoms with E-state index < -0.39 is 5.60 Å². The molecule has 0 aromatic heterocycles. The number of carbonyl (C=O) groups is 1. The number of amides is 1. The Bertz CT molecular complexity index is 782. The number of nitrogens with zero attached hydrogens (tertiary/aromatic N) is 1. The Morgan fingerprint density at radius 1 is 1.12 bits per heavy atom. The zero-order valence-corrected chi connectivity index (χ0v) is 15.6. The average Bonchev–Trinajstić information content (AvgIpc) is 2.60. The average molecular weight is 354 g/mol. The van der Waals surface area contributed by atoms with Gasteiger partial charge in [-0.1, -0.05) is 30.3 Å². The van der Waals surface area contributed by atoms with Gasteiger partial charge in [-0.2, -0.15) is 0 Å². The zero-order valence-electron chi connectivity index (χ0n) is 15.6. The Balaban J connectivity index is 1.75. The van der Waals surface area contributed by atoms with E-state index in [1.807, 2.05) is 63.2 Å². The lowest BCUT2D eigenvalue weighted by Gasteiger charge is -2.32. The van der Waals surface area contributed by atoms with Gasteiger partial charge in [-0.05, 0) is 44.9 Å². The van der Waals surface area contributed by atoms with Crippen molar-refractivity contribution in [3.8, 4) is 5.75 Å².